The molecule has 0 heterocycles. The fraction of sp³-hybridized carbons (Fsp3) is 0. The highest BCUT2D eigenvalue weighted by molar-refractivity contribution is 5.63. The summed E-state index contributed by atoms with van der Waals surface area (Å²) in [5.41, 5.74) is 6.13. The highest BCUT2D eigenvalue weighted by Crippen LogP contribution is 2.10. The summed E-state index contributed by atoms with van der Waals surface area (Å²) in [6.45, 7) is 10.9. The second-order valence-electron chi connectivity index (χ2n) is 3.80. The fourth-order valence-corrected chi connectivity index (χ4v) is 1.55. The van der Waals surface area contributed by atoms with Crippen molar-refractivity contribution in [3.63, 3.8) is 0 Å². The fourth-order valence-electron chi connectivity index (χ4n) is 1.55. The van der Waals surface area contributed by atoms with Gasteiger partial charge in [-0.1, -0.05) is 86.5 Å². The van der Waals surface area contributed by atoms with Crippen molar-refractivity contribution in [1.29, 1.82) is 0 Å². The topological polar surface area (TPSA) is 0 Å². The van der Waals surface area contributed by atoms with Crippen LogP contribution < -0.4 is 0 Å². The zero-order valence-corrected chi connectivity index (χ0v) is 11.0. The van der Waals surface area contributed by atoms with Crippen LogP contribution in [-0.2, 0) is 0 Å². The Balaban J connectivity index is 0.000000191. The van der Waals surface area contributed by atoms with E-state index in [1.165, 1.54) is 0 Å². The lowest BCUT2D eigenvalue weighted by Gasteiger charge is -1.96. The van der Waals surface area contributed by atoms with Crippen molar-refractivity contribution < 1.29 is 0 Å². The largest absolute Gasteiger partial charge is 0.128 e. The van der Waals surface area contributed by atoms with E-state index in [0.29, 0.717) is 0 Å². The van der Waals surface area contributed by atoms with Gasteiger partial charge in [-0.3, -0.25) is 0 Å². The van der Waals surface area contributed by atoms with Crippen molar-refractivity contribution in [2.24, 2.45) is 0 Å². The molecule has 0 aliphatic carbocycles. The summed E-state index contributed by atoms with van der Waals surface area (Å²) >= 11 is 0. The zero-order chi connectivity index (χ0) is 13.9. The normalized spacial score (nSPS) is 8.42. The van der Waals surface area contributed by atoms with E-state index in [1.54, 1.807) is 0 Å². The first-order chi connectivity index (χ1) is 9.31. The second kappa shape index (κ2) is 8.52. The Hall–Kier alpha value is -2.56. The van der Waals surface area contributed by atoms with Gasteiger partial charge >= 0.3 is 0 Å². The van der Waals surface area contributed by atoms with E-state index in [-0.39, 0.29) is 0 Å². The molecule has 0 saturated heterocycles. The molecular weight excluding hydrogens is 228 g/mol. The van der Waals surface area contributed by atoms with Gasteiger partial charge in [0, 0.05) is 0 Å². The summed E-state index contributed by atoms with van der Waals surface area (Å²) < 4.78 is 0. The summed E-state index contributed by atoms with van der Waals surface area (Å²) in [7, 11) is 0. The minimum absolute atomic E-state index is 1.14. The maximum absolute atomic E-state index is 3.69. The molecule has 0 amide bonds. The van der Waals surface area contributed by atoms with Crippen molar-refractivity contribution >= 4 is 18.2 Å². The summed E-state index contributed by atoms with van der Waals surface area (Å²) in [4.78, 5) is 0. The van der Waals surface area contributed by atoms with E-state index in [1.807, 2.05) is 72.8 Å². The average Bonchev–Trinajstić information content (AvgIpc) is 2.49. The molecule has 0 aliphatic rings. The molecule has 0 nitrogen and oxygen atoms in total. The molecule has 0 aliphatic heterocycles. The highest BCUT2D eigenvalue weighted by Gasteiger charge is 1.89. The van der Waals surface area contributed by atoms with E-state index in [2.05, 4.69) is 25.5 Å². The van der Waals surface area contributed by atoms with Crippen molar-refractivity contribution in [1.82, 2.24) is 0 Å². The van der Waals surface area contributed by atoms with Gasteiger partial charge in [-0.15, -0.1) is 5.73 Å². The van der Waals surface area contributed by atoms with Crippen molar-refractivity contribution in [3.05, 3.63) is 96.8 Å². The SMILES string of the molecule is C=C=Cc1ccccc1.C=Cc1ccccc1C=C. The standard InChI is InChI=1S/C10H10.C9H8/c1-3-9-7-5-6-8-10(9)4-2;1-2-6-9-7-4-3-5-8-9/h3-8H,1-2H2;3-8H,1H2. The second-order valence-corrected chi connectivity index (χ2v) is 3.80. The first kappa shape index (κ1) is 14.5. The van der Waals surface area contributed by atoms with Gasteiger partial charge in [0.25, 0.3) is 0 Å². The Kier molecular flexibility index (Phi) is 6.50. The molecule has 0 bridgehead atoms. The molecule has 0 saturated carbocycles. The van der Waals surface area contributed by atoms with Crippen LogP contribution in [0.1, 0.15) is 16.7 Å². The van der Waals surface area contributed by atoms with Crippen LogP contribution in [0.5, 0.6) is 0 Å². The summed E-state index contributed by atoms with van der Waals surface area (Å²) in [6, 6.07) is 18.0. The zero-order valence-electron chi connectivity index (χ0n) is 11.0. The van der Waals surface area contributed by atoms with E-state index >= 15 is 0 Å². The minimum Gasteiger partial charge on any atom is -0.128 e. The third kappa shape index (κ3) is 5.08. The number of hydrogen-bond donors (Lipinski definition) is 0. The molecule has 2 aromatic carbocycles. The third-order valence-electron chi connectivity index (χ3n) is 2.50. The summed E-state index contributed by atoms with van der Waals surface area (Å²) in [5.74, 6) is 0. The highest BCUT2D eigenvalue weighted by atomic mass is 13.9. The van der Waals surface area contributed by atoms with Gasteiger partial charge < -0.3 is 0 Å². The van der Waals surface area contributed by atoms with Crippen LogP contribution in [0.2, 0.25) is 0 Å². The van der Waals surface area contributed by atoms with Gasteiger partial charge in [-0.25, -0.2) is 0 Å². The first-order valence-corrected chi connectivity index (χ1v) is 6.06. The van der Waals surface area contributed by atoms with E-state index in [4.69, 9.17) is 0 Å². The van der Waals surface area contributed by atoms with Gasteiger partial charge in [-0.05, 0) is 22.8 Å². The van der Waals surface area contributed by atoms with Crippen molar-refractivity contribution in [3.8, 4) is 0 Å². The quantitative estimate of drug-likeness (QED) is 0.631. The van der Waals surface area contributed by atoms with Crippen LogP contribution in [0.4, 0.5) is 0 Å². The lowest BCUT2D eigenvalue weighted by atomic mass is 10.1. The predicted molar refractivity (Wildman–Crippen MR) is 86.7 cm³/mol. The van der Waals surface area contributed by atoms with Crippen LogP contribution in [-0.4, -0.2) is 0 Å². The Morgan fingerprint density at radius 2 is 1.21 bits per heavy atom. The van der Waals surface area contributed by atoms with Crippen molar-refractivity contribution in [2.75, 3.05) is 0 Å². The van der Waals surface area contributed by atoms with Crippen LogP contribution in [0.3, 0.4) is 0 Å². The van der Waals surface area contributed by atoms with E-state index in [9.17, 15) is 0 Å². The molecular formula is C19H18. The molecule has 2 aromatic rings. The lowest BCUT2D eigenvalue weighted by Crippen LogP contribution is -1.76. The van der Waals surface area contributed by atoms with Gasteiger partial charge in [0.15, 0.2) is 0 Å². The molecule has 0 heteroatoms. The van der Waals surface area contributed by atoms with Gasteiger partial charge in [-0.2, -0.15) is 0 Å². The van der Waals surface area contributed by atoms with Crippen molar-refractivity contribution in [2.45, 2.75) is 0 Å². The predicted octanol–water partition coefficient (Wildman–Crippen LogP) is 5.46. The molecule has 0 spiro atoms. The van der Waals surface area contributed by atoms with Crippen LogP contribution in [0, 0.1) is 0 Å². The van der Waals surface area contributed by atoms with Crippen LogP contribution in [0.15, 0.2) is 80.1 Å². The number of rotatable bonds is 3. The Bertz CT molecular complexity index is 543. The molecule has 0 atom stereocenters. The third-order valence-corrected chi connectivity index (χ3v) is 2.50. The molecule has 0 aromatic heterocycles. The molecule has 0 radical (unpaired) electrons. The number of hydrogen-bond acceptors (Lipinski definition) is 0. The Morgan fingerprint density at radius 1 is 0.737 bits per heavy atom. The first-order valence-electron chi connectivity index (χ1n) is 6.06. The maximum Gasteiger partial charge on any atom is -0.0133 e. The molecule has 94 valence electrons. The van der Waals surface area contributed by atoms with Gasteiger partial charge in [0.2, 0.25) is 0 Å². The summed E-state index contributed by atoms with van der Waals surface area (Å²) in [5, 5.41) is 0. The average molecular weight is 246 g/mol. The van der Waals surface area contributed by atoms with Crippen LogP contribution in [0.25, 0.3) is 18.2 Å². The molecule has 0 N–H and O–H groups in total. The maximum atomic E-state index is 3.69. The molecule has 2 rings (SSSR count). The van der Waals surface area contributed by atoms with Gasteiger partial charge in [0.1, 0.15) is 0 Å². The van der Waals surface area contributed by atoms with E-state index < -0.39 is 0 Å². The molecule has 0 fully saturated rings. The van der Waals surface area contributed by atoms with E-state index in [0.717, 1.165) is 16.7 Å². The van der Waals surface area contributed by atoms with Crippen LogP contribution >= 0.6 is 0 Å². The number of benzene rings is 2. The van der Waals surface area contributed by atoms with Gasteiger partial charge in [0.05, 0.1) is 0 Å². The lowest BCUT2D eigenvalue weighted by molar-refractivity contribution is 1.62. The summed E-state index contributed by atoms with van der Waals surface area (Å²) in [6.07, 6.45) is 5.51. The Morgan fingerprint density at radius 3 is 1.63 bits per heavy atom. The minimum atomic E-state index is 1.14. The molecule has 0 unspecified atom stereocenters. The smallest absolute Gasteiger partial charge is 0.0133 e. The molecule has 19 heavy (non-hydrogen) atoms. The Labute approximate surface area is 115 Å². The monoisotopic (exact) mass is 246 g/mol.